The molecule has 1 unspecified atom stereocenters. The van der Waals surface area contributed by atoms with E-state index in [2.05, 4.69) is 45.0 Å². The Labute approximate surface area is 93.0 Å². The maximum absolute atomic E-state index is 2.34. The standard InChI is InChI=1S/C15H20/c1-4-12(5-2)14-8-6-7-13-11(3)9-10-15(13)14/h4,6-8,11H,5,9-10H2,1-3H3/b12-4-. The van der Waals surface area contributed by atoms with Crippen LogP contribution >= 0.6 is 0 Å². The van der Waals surface area contributed by atoms with Gasteiger partial charge < -0.3 is 0 Å². The minimum atomic E-state index is 0.759. The molecule has 1 aromatic carbocycles. The molecule has 0 aliphatic heterocycles. The minimum Gasteiger partial charge on any atom is -0.0838 e. The Hall–Kier alpha value is -1.04. The van der Waals surface area contributed by atoms with E-state index < -0.39 is 0 Å². The number of hydrogen-bond donors (Lipinski definition) is 0. The summed E-state index contributed by atoms with van der Waals surface area (Å²) >= 11 is 0. The van der Waals surface area contributed by atoms with Gasteiger partial charge in [-0.2, -0.15) is 0 Å². The first kappa shape index (κ1) is 10.5. The average Bonchev–Trinajstić information content (AvgIpc) is 2.64. The highest BCUT2D eigenvalue weighted by Crippen LogP contribution is 2.37. The lowest BCUT2D eigenvalue weighted by atomic mass is 9.94. The fourth-order valence-electron chi connectivity index (χ4n) is 2.71. The first-order valence-electron chi connectivity index (χ1n) is 6.05. The summed E-state index contributed by atoms with van der Waals surface area (Å²) < 4.78 is 0. The Morgan fingerprint density at radius 3 is 2.93 bits per heavy atom. The molecule has 0 nitrogen and oxygen atoms in total. The second kappa shape index (κ2) is 4.22. The van der Waals surface area contributed by atoms with Gasteiger partial charge in [0, 0.05) is 0 Å². The van der Waals surface area contributed by atoms with Gasteiger partial charge in [-0.25, -0.2) is 0 Å². The van der Waals surface area contributed by atoms with E-state index in [1.807, 2.05) is 0 Å². The van der Waals surface area contributed by atoms with Gasteiger partial charge in [-0.1, -0.05) is 38.1 Å². The predicted octanol–water partition coefficient (Wildman–Crippen LogP) is 4.55. The number of benzene rings is 1. The van der Waals surface area contributed by atoms with E-state index in [0.29, 0.717) is 0 Å². The first-order valence-corrected chi connectivity index (χ1v) is 6.05. The summed E-state index contributed by atoms with van der Waals surface area (Å²) in [6, 6.07) is 6.81. The summed E-state index contributed by atoms with van der Waals surface area (Å²) in [5.74, 6) is 0.759. The van der Waals surface area contributed by atoms with E-state index in [9.17, 15) is 0 Å². The van der Waals surface area contributed by atoms with Crippen LogP contribution in [0.4, 0.5) is 0 Å². The van der Waals surface area contributed by atoms with Crippen molar-refractivity contribution >= 4 is 5.57 Å². The average molecular weight is 200 g/mol. The van der Waals surface area contributed by atoms with Gasteiger partial charge in [0.15, 0.2) is 0 Å². The monoisotopic (exact) mass is 200 g/mol. The third kappa shape index (κ3) is 1.73. The molecule has 0 fully saturated rings. The summed E-state index contributed by atoms with van der Waals surface area (Å²) in [5, 5.41) is 0. The molecule has 0 heteroatoms. The van der Waals surface area contributed by atoms with Crippen molar-refractivity contribution < 1.29 is 0 Å². The zero-order chi connectivity index (χ0) is 10.8. The van der Waals surface area contributed by atoms with Crippen LogP contribution in [0.1, 0.15) is 56.2 Å². The van der Waals surface area contributed by atoms with Crippen LogP contribution in [0.3, 0.4) is 0 Å². The van der Waals surface area contributed by atoms with Crippen LogP contribution in [0.15, 0.2) is 24.3 Å². The van der Waals surface area contributed by atoms with Crippen LogP contribution in [0.25, 0.3) is 5.57 Å². The number of hydrogen-bond acceptors (Lipinski definition) is 0. The lowest BCUT2D eigenvalue weighted by Gasteiger charge is -2.11. The predicted molar refractivity (Wildman–Crippen MR) is 67.1 cm³/mol. The van der Waals surface area contributed by atoms with Gasteiger partial charge in [0.1, 0.15) is 0 Å². The smallest absolute Gasteiger partial charge is 0.0184 e. The molecule has 0 aromatic heterocycles. The lowest BCUT2D eigenvalue weighted by Crippen LogP contribution is -1.92. The Morgan fingerprint density at radius 1 is 1.47 bits per heavy atom. The Bertz CT molecular complexity index is 385. The second-order valence-corrected chi connectivity index (χ2v) is 4.48. The topological polar surface area (TPSA) is 0 Å². The molecule has 1 aromatic rings. The summed E-state index contributed by atoms with van der Waals surface area (Å²) in [6.07, 6.45) is 6.00. The lowest BCUT2D eigenvalue weighted by molar-refractivity contribution is 0.747. The normalized spacial score (nSPS) is 20.5. The van der Waals surface area contributed by atoms with Crippen LogP contribution < -0.4 is 0 Å². The van der Waals surface area contributed by atoms with E-state index in [0.717, 1.165) is 12.3 Å². The van der Waals surface area contributed by atoms with Gasteiger partial charge in [0.05, 0.1) is 0 Å². The highest BCUT2D eigenvalue weighted by molar-refractivity contribution is 5.69. The molecule has 0 N–H and O–H groups in total. The molecular weight excluding hydrogens is 180 g/mol. The van der Waals surface area contributed by atoms with Gasteiger partial charge in [-0.3, -0.25) is 0 Å². The van der Waals surface area contributed by atoms with E-state index in [1.165, 1.54) is 24.0 Å². The second-order valence-electron chi connectivity index (χ2n) is 4.48. The number of fused-ring (bicyclic) bond motifs is 1. The molecule has 0 spiro atoms. The maximum Gasteiger partial charge on any atom is -0.0184 e. The molecular formula is C15H20. The minimum absolute atomic E-state index is 0.759. The Kier molecular flexibility index (Phi) is 2.95. The van der Waals surface area contributed by atoms with Crippen LogP contribution in [0.5, 0.6) is 0 Å². The van der Waals surface area contributed by atoms with Crippen molar-refractivity contribution in [1.82, 2.24) is 0 Å². The fraction of sp³-hybridized carbons (Fsp3) is 0.467. The van der Waals surface area contributed by atoms with Gasteiger partial charge >= 0.3 is 0 Å². The summed E-state index contributed by atoms with van der Waals surface area (Å²) in [5.41, 5.74) is 6.20. The van der Waals surface area contributed by atoms with Gasteiger partial charge in [0.25, 0.3) is 0 Å². The molecule has 80 valence electrons. The van der Waals surface area contributed by atoms with E-state index in [1.54, 1.807) is 11.1 Å². The zero-order valence-corrected chi connectivity index (χ0v) is 10.0. The van der Waals surface area contributed by atoms with Gasteiger partial charge in [-0.05, 0) is 54.4 Å². The van der Waals surface area contributed by atoms with Crippen molar-refractivity contribution in [3.8, 4) is 0 Å². The van der Waals surface area contributed by atoms with Crippen LogP contribution in [-0.2, 0) is 6.42 Å². The first-order chi connectivity index (χ1) is 7.27. The van der Waals surface area contributed by atoms with Crippen LogP contribution in [-0.4, -0.2) is 0 Å². The van der Waals surface area contributed by atoms with Gasteiger partial charge in [-0.15, -0.1) is 0 Å². The highest BCUT2D eigenvalue weighted by Gasteiger charge is 2.21. The molecule has 0 bridgehead atoms. The molecule has 0 saturated carbocycles. The molecule has 1 aliphatic carbocycles. The van der Waals surface area contributed by atoms with E-state index in [4.69, 9.17) is 0 Å². The molecule has 0 saturated heterocycles. The molecule has 1 aliphatic rings. The largest absolute Gasteiger partial charge is 0.0838 e. The van der Waals surface area contributed by atoms with Crippen molar-refractivity contribution in [3.05, 3.63) is 41.0 Å². The third-order valence-corrected chi connectivity index (χ3v) is 3.65. The van der Waals surface area contributed by atoms with Crippen molar-refractivity contribution in [3.63, 3.8) is 0 Å². The molecule has 0 heterocycles. The van der Waals surface area contributed by atoms with Crippen molar-refractivity contribution in [2.75, 3.05) is 0 Å². The van der Waals surface area contributed by atoms with Gasteiger partial charge in [0.2, 0.25) is 0 Å². The molecule has 1 atom stereocenters. The quantitative estimate of drug-likeness (QED) is 0.657. The van der Waals surface area contributed by atoms with Crippen LogP contribution in [0.2, 0.25) is 0 Å². The molecule has 15 heavy (non-hydrogen) atoms. The Balaban J connectivity index is 2.51. The highest BCUT2D eigenvalue weighted by atomic mass is 14.3. The maximum atomic E-state index is 2.34. The third-order valence-electron chi connectivity index (χ3n) is 3.65. The zero-order valence-electron chi connectivity index (χ0n) is 10.0. The molecule has 0 amide bonds. The van der Waals surface area contributed by atoms with Crippen molar-refractivity contribution in [2.45, 2.75) is 46.0 Å². The fourth-order valence-corrected chi connectivity index (χ4v) is 2.71. The van der Waals surface area contributed by atoms with E-state index >= 15 is 0 Å². The summed E-state index contributed by atoms with van der Waals surface area (Å²) in [6.45, 7) is 6.74. The molecule has 0 radical (unpaired) electrons. The van der Waals surface area contributed by atoms with Crippen molar-refractivity contribution in [2.24, 2.45) is 0 Å². The summed E-state index contributed by atoms with van der Waals surface area (Å²) in [7, 11) is 0. The SMILES string of the molecule is C/C=C(/CC)c1cccc2c1CCC2C. The Morgan fingerprint density at radius 2 is 2.27 bits per heavy atom. The number of allylic oxidation sites excluding steroid dienone is 2. The van der Waals surface area contributed by atoms with Crippen molar-refractivity contribution in [1.29, 1.82) is 0 Å². The van der Waals surface area contributed by atoms with E-state index in [-0.39, 0.29) is 0 Å². The summed E-state index contributed by atoms with van der Waals surface area (Å²) in [4.78, 5) is 0. The van der Waals surface area contributed by atoms with Crippen LogP contribution in [0, 0.1) is 0 Å². The number of rotatable bonds is 2. The molecule has 2 rings (SSSR count).